The van der Waals surface area contributed by atoms with Crippen molar-refractivity contribution in [3.05, 3.63) is 57.2 Å². The lowest BCUT2D eigenvalue weighted by Crippen LogP contribution is -2.04. The fraction of sp³-hybridized carbons (Fsp3) is 0.0667. The maximum Gasteiger partial charge on any atom is 0.202 e. The Morgan fingerprint density at radius 1 is 1.21 bits per heavy atom. The number of hydrogen-bond acceptors (Lipinski definition) is 3. The van der Waals surface area contributed by atoms with Gasteiger partial charge in [0.15, 0.2) is 0 Å². The number of fused-ring (bicyclic) bond motifs is 2. The lowest BCUT2D eigenvalue weighted by atomic mass is 10.1. The Morgan fingerprint density at radius 3 is 2.79 bits per heavy atom. The zero-order chi connectivity index (χ0) is 13.4. The summed E-state index contributed by atoms with van der Waals surface area (Å²) < 4.78 is 5.76. The second-order valence-electron chi connectivity index (χ2n) is 4.17. The van der Waals surface area contributed by atoms with Gasteiger partial charge in [0, 0.05) is 5.56 Å². The van der Waals surface area contributed by atoms with Crippen LogP contribution in [0.2, 0.25) is 5.02 Å². The van der Waals surface area contributed by atoms with Gasteiger partial charge in [-0.05, 0) is 18.2 Å². The normalized spacial score (nSPS) is 10.7. The molecule has 19 heavy (non-hydrogen) atoms. The molecule has 2 aromatic carbocycles. The van der Waals surface area contributed by atoms with Crippen LogP contribution in [0, 0.1) is 11.3 Å². The van der Waals surface area contributed by atoms with Gasteiger partial charge in [-0.3, -0.25) is 4.79 Å². The predicted octanol–water partition coefficient (Wildman–Crippen LogP) is 3.67. The van der Waals surface area contributed by atoms with Crippen LogP contribution in [0.5, 0.6) is 0 Å². The molecule has 0 spiro atoms. The van der Waals surface area contributed by atoms with E-state index in [9.17, 15) is 4.79 Å². The molecular weight excluding hydrogens is 262 g/mol. The van der Waals surface area contributed by atoms with Crippen molar-refractivity contribution in [2.24, 2.45) is 0 Å². The average molecular weight is 270 g/mol. The lowest BCUT2D eigenvalue weighted by molar-refractivity contribution is 0.655. The van der Waals surface area contributed by atoms with E-state index in [1.54, 1.807) is 36.4 Å². The zero-order valence-corrected chi connectivity index (χ0v) is 10.6. The van der Waals surface area contributed by atoms with E-state index in [4.69, 9.17) is 21.3 Å². The molecule has 0 aliphatic heterocycles. The largest absolute Gasteiger partial charge is 0.455 e. The third-order valence-electron chi connectivity index (χ3n) is 3.03. The zero-order valence-electron chi connectivity index (χ0n) is 9.81. The van der Waals surface area contributed by atoms with Crippen LogP contribution in [0.3, 0.4) is 0 Å². The van der Waals surface area contributed by atoms with Crippen LogP contribution >= 0.6 is 11.6 Å². The van der Waals surface area contributed by atoms with E-state index < -0.39 is 0 Å². The van der Waals surface area contributed by atoms with Crippen LogP contribution in [0.25, 0.3) is 21.9 Å². The molecule has 4 heteroatoms. The van der Waals surface area contributed by atoms with Crippen LogP contribution < -0.4 is 5.43 Å². The topological polar surface area (TPSA) is 54.0 Å². The van der Waals surface area contributed by atoms with E-state index in [0.29, 0.717) is 32.5 Å². The van der Waals surface area contributed by atoms with Crippen LogP contribution in [0.4, 0.5) is 0 Å². The minimum absolute atomic E-state index is 0.165. The van der Waals surface area contributed by atoms with Gasteiger partial charge in [0.25, 0.3) is 0 Å². The monoisotopic (exact) mass is 269 g/mol. The van der Waals surface area contributed by atoms with E-state index in [1.165, 1.54) is 0 Å². The third kappa shape index (κ3) is 1.78. The van der Waals surface area contributed by atoms with Gasteiger partial charge in [-0.15, -0.1) is 0 Å². The van der Waals surface area contributed by atoms with Gasteiger partial charge in [0.05, 0.1) is 28.3 Å². The van der Waals surface area contributed by atoms with Crippen molar-refractivity contribution in [3.63, 3.8) is 0 Å². The first-order valence-electron chi connectivity index (χ1n) is 5.72. The smallest absolute Gasteiger partial charge is 0.202 e. The Kier molecular flexibility index (Phi) is 2.73. The first-order chi connectivity index (χ1) is 9.22. The fourth-order valence-corrected chi connectivity index (χ4v) is 2.38. The van der Waals surface area contributed by atoms with Crippen molar-refractivity contribution in [2.75, 3.05) is 0 Å². The molecule has 1 aromatic heterocycles. The summed E-state index contributed by atoms with van der Waals surface area (Å²) in [6, 6.07) is 12.4. The molecule has 0 amide bonds. The number of benzene rings is 2. The maximum atomic E-state index is 12.4. The maximum absolute atomic E-state index is 12.4. The van der Waals surface area contributed by atoms with Gasteiger partial charge in [0.1, 0.15) is 11.2 Å². The molecule has 0 saturated heterocycles. The van der Waals surface area contributed by atoms with E-state index in [0.717, 1.165) is 0 Å². The molecule has 0 unspecified atom stereocenters. The number of para-hydroxylation sites is 1. The van der Waals surface area contributed by atoms with E-state index >= 15 is 0 Å². The Balaban J connectivity index is 2.57. The van der Waals surface area contributed by atoms with Gasteiger partial charge >= 0.3 is 0 Å². The van der Waals surface area contributed by atoms with Crippen LogP contribution in [0.1, 0.15) is 5.56 Å². The average Bonchev–Trinajstić information content (AvgIpc) is 2.42. The van der Waals surface area contributed by atoms with Crippen molar-refractivity contribution >= 4 is 33.5 Å². The van der Waals surface area contributed by atoms with E-state index in [2.05, 4.69) is 6.07 Å². The Bertz CT molecular complexity index is 890. The molecule has 0 radical (unpaired) electrons. The second-order valence-corrected chi connectivity index (χ2v) is 4.58. The number of rotatable bonds is 1. The highest BCUT2D eigenvalue weighted by Gasteiger charge is 2.13. The summed E-state index contributed by atoms with van der Waals surface area (Å²) in [5.41, 5.74) is 1.41. The van der Waals surface area contributed by atoms with Gasteiger partial charge < -0.3 is 4.42 Å². The summed E-state index contributed by atoms with van der Waals surface area (Å²) >= 11 is 6.09. The summed E-state index contributed by atoms with van der Waals surface area (Å²) in [6.45, 7) is 0. The standard InChI is InChI=1S/C15H8ClNO2/c16-11-6-5-9(7-8-17)15-13(11)14(18)10-3-1-2-4-12(10)19-15/h1-6H,7H2. The summed E-state index contributed by atoms with van der Waals surface area (Å²) in [5.74, 6) is 0. The quantitative estimate of drug-likeness (QED) is 0.634. The van der Waals surface area contributed by atoms with Crippen LogP contribution in [0.15, 0.2) is 45.6 Å². The Labute approximate surface area is 113 Å². The predicted molar refractivity (Wildman–Crippen MR) is 74.3 cm³/mol. The van der Waals surface area contributed by atoms with Crippen molar-refractivity contribution in [2.45, 2.75) is 6.42 Å². The molecule has 3 aromatic rings. The molecule has 92 valence electrons. The minimum Gasteiger partial charge on any atom is -0.455 e. The number of halogens is 1. The van der Waals surface area contributed by atoms with Crippen LogP contribution in [-0.4, -0.2) is 0 Å². The van der Waals surface area contributed by atoms with Gasteiger partial charge in [-0.25, -0.2) is 0 Å². The van der Waals surface area contributed by atoms with Crippen LogP contribution in [-0.2, 0) is 6.42 Å². The molecule has 3 nitrogen and oxygen atoms in total. The van der Waals surface area contributed by atoms with Gasteiger partial charge in [-0.2, -0.15) is 5.26 Å². The van der Waals surface area contributed by atoms with E-state index in [1.807, 2.05) is 0 Å². The molecular formula is C15H8ClNO2. The van der Waals surface area contributed by atoms with E-state index in [-0.39, 0.29) is 11.8 Å². The summed E-state index contributed by atoms with van der Waals surface area (Å²) in [6.07, 6.45) is 0.176. The first kappa shape index (κ1) is 11.8. The first-order valence-corrected chi connectivity index (χ1v) is 6.10. The molecule has 0 atom stereocenters. The van der Waals surface area contributed by atoms with Crippen molar-refractivity contribution in [3.8, 4) is 6.07 Å². The lowest BCUT2D eigenvalue weighted by Gasteiger charge is -2.06. The molecule has 0 aliphatic rings. The molecule has 3 rings (SSSR count). The Morgan fingerprint density at radius 2 is 2.00 bits per heavy atom. The van der Waals surface area contributed by atoms with Crippen molar-refractivity contribution in [1.82, 2.24) is 0 Å². The fourth-order valence-electron chi connectivity index (χ4n) is 2.14. The summed E-state index contributed by atoms with van der Waals surface area (Å²) in [7, 11) is 0. The summed E-state index contributed by atoms with van der Waals surface area (Å²) in [4.78, 5) is 12.4. The summed E-state index contributed by atoms with van der Waals surface area (Å²) in [5, 5.41) is 10.0. The molecule has 1 heterocycles. The SMILES string of the molecule is N#CCc1ccc(Cl)c2c(=O)c3ccccc3oc12. The molecule has 0 bridgehead atoms. The highest BCUT2D eigenvalue weighted by atomic mass is 35.5. The van der Waals surface area contributed by atoms with Crippen molar-refractivity contribution in [1.29, 1.82) is 5.26 Å². The minimum atomic E-state index is -0.165. The molecule has 0 saturated carbocycles. The number of hydrogen-bond donors (Lipinski definition) is 0. The third-order valence-corrected chi connectivity index (χ3v) is 3.34. The highest BCUT2D eigenvalue weighted by molar-refractivity contribution is 6.35. The molecule has 0 N–H and O–H groups in total. The van der Waals surface area contributed by atoms with Gasteiger partial charge in [-0.1, -0.05) is 29.8 Å². The highest BCUT2D eigenvalue weighted by Crippen LogP contribution is 2.27. The molecule has 0 aliphatic carbocycles. The second kappa shape index (κ2) is 4.42. The van der Waals surface area contributed by atoms with Crippen molar-refractivity contribution < 1.29 is 4.42 Å². The Hall–Kier alpha value is -2.31. The number of nitriles is 1. The molecule has 0 fully saturated rings. The number of nitrogens with zero attached hydrogens (tertiary/aromatic N) is 1. The van der Waals surface area contributed by atoms with Gasteiger partial charge in [0.2, 0.25) is 5.43 Å².